The van der Waals surface area contributed by atoms with E-state index in [-0.39, 0.29) is 0 Å². The summed E-state index contributed by atoms with van der Waals surface area (Å²) in [7, 11) is 0. The molecule has 0 aliphatic heterocycles. The second-order valence-electron chi connectivity index (χ2n) is 2.76. The smallest absolute Gasteiger partial charge is 0.382 e. The predicted octanol–water partition coefficient (Wildman–Crippen LogP) is 1.97. The first-order valence-corrected chi connectivity index (χ1v) is 3.79. The van der Waals surface area contributed by atoms with Crippen molar-refractivity contribution >= 4 is 5.82 Å². The summed E-state index contributed by atoms with van der Waals surface area (Å²) in [5, 5.41) is 8.37. The minimum Gasteiger partial charge on any atom is -0.382 e. The maximum Gasteiger partial charge on any atom is 0.451 e. The van der Waals surface area contributed by atoms with Gasteiger partial charge >= 0.3 is 12.4 Å². The van der Waals surface area contributed by atoms with Crippen LogP contribution >= 0.6 is 0 Å². The maximum absolute atomic E-state index is 12.3. The first kappa shape index (κ1) is 13.0. The third-order valence-electron chi connectivity index (χ3n) is 1.57. The summed E-state index contributed by atoms with van der Waals surface area (Å²) in [6.07, 6.45) is -10.4. The molecule has 1 aromatic heterocycles. The van der Waals surface area contributed by atoms with Crippen molar-refractivity contribution in [1.82, 2.24) is 9.97 Å². The molecule has 1 rings (SSSR count). The summed E-state index contributed by atoms with van der Waals surface area (Å²) >= 11 is 0. The van der Waals surface area contributed by atoms with Crippen LogP contribution in [0.2, 0.25) is 0 Å². The van der Waals surface area contributed by atoms with Gasteiger partial charge in [0.15, 0.2) is 5.69 Å². The number of hydrogen-bond donors (Lipinski definition) is 1. The zero-order valence-electron chi connectivity index (χ0n) is 7.69. The standard InChI is InChI=1S/C7H2F6N4/c8-6(9,10)3-2(1-14)4(15)17-5(16-3)7(11,12)13/h(H2,15,16,17). The van der Waals surface area contributed by atoms with Crippen molar-refractivity contribution in [1.29, 1.82) is 5.26 Å². The van der Waals surface area contributed by atoms with E-state index >= 15 is 0 Å². The van der Waals surface area contributed by atoms with Crippen molar-refractivity contribution in [2.45, 2.75) is 12.4 Å². The average Bonchev–Trinajstić information content (AvgIpc) is 2.13. The quantitative estimate of drug-likeness (QED) is 0.720. The van der Waals surface area contributed by atoms with E-state index in [1.165, 1.54) is 0 Å². The van der Waals surface area contributed by atoms with Gasteiger partial charge in [0.25, 0.3) is 0 Å². The Hall–Kier alpha value is -2.05. The molecular weight excluding hydrogens is 254 g/mol. The first-order valence-electron chi connectivity index (χ1n) is 3.79. The van der Waals surface area contributed by atoms with Crippen LogP contribution in [-0.2, 0) is 12.4 Å². The van der Waals surface area contributed by atoms with E-state index < -0.39 is 35.3 Å². The Morgan fingerprint density at radius 1 is 1.00 bits per heavy atom. The molecule has 0 atom stereocenters. The van der Waals surface area contributed by atoms with Crippen LogP contribution in [0, 0.1) is 11.3 Å². The summed E-state index contributed by atoms with van der Waals surface area (Å²) < 4.78 is 73.4. The van der Waals surface area contributed by atoms with E-state index in [1.54, 1.807) is 0 Å². The molecule has 17 heavy (non-hydrogen) atoms. The van der Waals surface area contributed by atoms with Crippen molar-refractivity contribution in [3.8, 4) is 6.07 Å². The van der Waals surface area contributed by atoms with E-state index in [1.807, 2.05) is 0 Å². The number of nitriles is 1. The number of halogens is 6. The van der Waals surface area contributed by atoms with Gasteiger partial charge in [-0.05, 0) is 0 Å². The Labute approximate surface area is 89.7 Å². The zero-order valence-corrected chi connectivity index (χ0v) is 7.69. The molecule has 0 aliphatic carbocycles. The summed E-state index contributed by atoms with van der Waals surface area (Å²) in [6.45, 7) is 0. The molecule has 0 aromatic carbocycles. The highest BCUT2D eigenvalue weighted by atomic mass is 19.4. The molecule has 0 amide bonds. The lowest BCUT2D eigenvalue weighted by Crippen LogP contribution is -2.20. The van der Waals surface area contributed by atoms with Gasteiger partial charge in [0.1, 0.15) is 17.5 Å². The molecule has 2 N–H and O–H groups in total. The number of rotatable bonds is 0. The highest BCUT2D eigenvalue weighted by Crippen LogP contribution is 2.35. The van der Waals surface area contributed by atoms with Crippen LogP contribution in [0.5, 0.6) is 0 Å². The fraction of sp³-hybridized carbons (Fsp3) is 0.286. The van der Waals surface area contributed by atoms with Crippen LogP contribution in [0.4, 0.5) is 32.2 Å². The van der Waals surface area contributed by atoms with Crippen molar-refractivity contribution < 1.29 is 26.3 Å². The van der Waals surface area contributed by atoms with E-state index in [2.05, 4.69) is 9.97 Å². The summed E-state index contributed by atoms with van der Waals surface area (Å²) in [5.41, 5.74) is 1.62. The Morgan fingerprint density at radius 3 is 1.88 bits per heavy atom. The molecule has 0 spiro atoms. The normalized spacial score (nSPS) is 12.3. The Bertz CT molecular complexity index is 483. The van der Waals surface area contributed by atoms with Gasteiger partial charge in [0, 0.05) is 0 Å². The van der Waals surface area contributed by atoms with Gasteiger partial charge < -0.3 is 5.73 Å². The lowest BCUT2D eigenvalue weighted by atomic mass is 10.2. The predicted molar refractivity (Wildman–Crippen MR) is 41.2 cm³/mol. The van der Waals surface area contributed by atoms with Gasteiger partial charge in [-0.15, -0.1) is 0 Å². The third-order valence-corrected chi connectivity index (χ3v) is 1.57. The van der Waals surface area contributed by atoms with E-state index in [0.717, 1.165) is 6.07 Å². The molecule has 1 heterocycles. The topological polar surface area (TPSA) is 75.6 Å². The molecule has 0 radical (unpaired) electrons. The van der Waals surface area contributed by atoms with Gasteiger partial charge in [0.05, 0.1) is 0 Å². The largest absolute Gasteiger partial charge is 0.451 e. The van der Waals surface area contributed by atoms with Crippen LogP contribution in [0.3, 0.4) is 0 Å². The van der Waals surface area contributed by atoms with Gasteiger partial charge in [-0.3, -0.25) is 0 Å². The molecular formula is C7H2F6N4. The zero-order chi connectivity index (χ0) is 13.4. The number of aromatic nitrogens is 2. The number of hydrogen-bond acceptors (Lipinski definition) is 4. The van der Waals surface area contributed by atoms with Crippen LogP contribution in [0.25, 0.3) is 0 Å². The fourth-order valence-electron chi connectivity index (χ4n) is 0.920. The van der Waals surface area contributed by atoms with Crippen LogP contribution in [-0.4, -0.2) is 9.97 Å². The van der Waals surface area contributed by atoms with Crippen molar-refractivity contribution in [3.05, 3.63) is 17.1 Å². The molecule has 4 nitrogen and oxygen atoms in total. The molecule has 1 aromatic rings. The molecule has 0 bridgehead atoms. The van der Waals surface area contributed by atoms with Crippen LogP contribution in [0.1, 0.15) is 17.1 Å². The average molecular weight is 256 g/mol. The molecule has 0 aliphatic rings. The minimum absolute atomic E-state index is 1.01. The second-order valence-corrected chi connectivity index (χ2v) is 2.76. The second kappa shape index (κ2) is 3.76. The van der Waals surface area contributed by atoms with Gasteiger partial charge in [-0.1, -0.05) is 0 Å². The van der Waals surface area contributed by atoms with E-state index in [0.29, 0.717) is 0 Å². The number of nitrogens with zero attached hydrogens (tertiary/aromatic N) is 3. The Kier molecular flexibility index (Phi) is 2.88. The van der Waals surface area contributed by atoms with Crippen LogP contribution in [0.15, 0.2) is 0 Å². The monoisotopic (exact) mass is 256 g/mol. The van der Waals surface area contributed by atoms with Gasteiger partial charge in [0.2, 0.25) is 5.82 Å². The number of nitrogens with two attached hydrogens (primary N) is 1. The van der Waals surface area contributed by atoms with Crippen molar-refractivity contribution in [2.24, 2.45) is 0 Å². The summed E-state index contributed by atoms with van der Waals surface area (Å²) in [5.74, 6) is -3.21. The number of anilines is 1. The third kappa shape index (κ3) is 2.55. The fourth-order valence-corrected chi connectivity index (χ4v) is 0.920. The van der Waals surface area contributed by atoms with Crippen molar-refractivity contribution in [2.75, 3.05) is 5.73 Å². The minimum atomic E-state index is -5.22. The van der Waals surface area contributed by atoms with Gasteiger partial charge in [-0.2, -0.15) is 31.6 Å². The Morgan fingerprint density at radius 2 is 1.53 bits per heavy atom. The first-order chi connectivity index (χ1) is 7.57. The lowest BCUT2D eigenvalue weighted by Gasteiger charge is -2.12. The molecule has 0 fully saturated rings. The number of nitrogen functional groups attached to an aromatic ring is 1. The van der Waals surface area contributed by atoms with E-state index in [9.17, 15) is 26.3 Å². The SMILES string of the molecule is N#Cc1c(N)nc(C(F)(F)F)nc1C(F)(F)F. The van der Waals surface area contributed by atoms with Crippen molar-refractivity contribution in [3.63, 3.8) is 0 Å². The lowest BCUT2D eigenvalue weighted by molar-refractivity contribution is -0.152. The number of alkyl halides is 6. The van der Waals surface area contributed by atoms with E-state index in [4.69, 9.17) is 11.0 Å². The summed E-state index contributed by atoms with van der Waals surface area (Å²) in [4.78, 5) is 4.89. The molecule has 0 saturated carbocycles. The Balaban J connectivity index is 3.58. The molecule has 0 saturated heterocycles. The molecule has 0 unspecified atom stereocenters. The van der Waals surface area contributed by atoms with Crippen LogP contribution < -0.4 is 5.73 Å². The highest BCUT2D eigenvalue weighted by Gasteiger charge is 2.42. The maximum atomic E-state index is 12.3. The highest BCUT2D eigenvalue weighted by molar-refractivity contribution is 5.52. The van der Waals surface area contributed by atoms with Gasteiger partial charge in [-0.25, -0.2) is 9.97 Å². The molecule has 92 valence electrons. The summed E-state index contributed by atoms with van der Waals surface area (Å²) in [6, 6.07) is 1.01. The molecule has 10 heteroatoms.